The van der Waals surface area contributed by atoms with Crippen LogP contribution < -0.4 is 4.90 Å². The lowest BCUT2D eigenvalue weighted by atomic mass is 9.89. The number of pyridine rings is 1. The van der Waals surface area contributed by atoms with Gasteiger partial charge in [0.2, 0.25) is 0 Å². The van der Waals surface area contributed by atoms with Crippen molar-refractivity contribution in [3.8, 4) is 56.2 Å². The molecule has 4 nitrogen and oxygen atoms in total. The lowest BCUT2D eigenvalue weighted by molar-refractivity contribution is 1.18. The van der Waals surface area contributed by atoms with E-state index in [9.17, 15) is 0 Å². The van der Waals surface area contributed by atoms with Crippen LogP contribution in [-0.2, 0) is 0 Å². The van der Waals surface area contributed by atoms with Crippen LogP contribution >= 0.6 is 0 Å². The van der Waals surface area contributed by atoms with Crippen molar-refractivity contribution in [2.24, 2.45) is 0 Å². The van der Waals surface area contributed by atoms with Gasteiger partial charge in [0, 0.05) is 44.9 Å². The molecule has 4 heteroatoms. The second kappa shape index (κ2) is 11.2. The van der Waals surface area contributed by atoms with E-state index in [1.165, 1.54) is 27.6 Å². The first-order valence-electron chi connectivity index (χ1n) is 15.8. The molecular formula is C43H28N4. The topological polar surface area (TPSA) is 41.9 Å². The molecule has 0 N–H and O–H groups in total. The first-order valence-corrected chi connectivity index (χ1v) is 15.8. The molecule has 0 amide bonds. The summed E-state index contributed by atoms with van der Waals surface area (Å²) in [7, 11) is 0. The fraction of sp³-hybridized carbons (Fsp3) is 0. The highest BCUT2D eigenvalue weighted by atomic mass is 15.2. The van der Waals surface area contributed by atoms with Gasteiger partial charge in [0.1, 0.15) is 0 Å². The van der Waals surface area contributed by atoms with E-state index in [0.717, 1.165) is 50.5 Å². The van der Waals surface area contributed by atoms with Gasteiger partial charge < -0.3 is 4.90 Å². The zero-order chi connectivity index (χ0) is 31.2. The molecule has 220 valence electrons. The van der Waals surface area contributed by atoms with Gasteiger partial charge in [-0.1, -0.05) is 121 Å². The van der Waals surface area contributed by atoms with Crippen LogP contribution in [-0.4, -0.2) is 15.0 Å². The number of para-hydroxylation sites is 1. The molecule has 9 rings (SSSR count). The van der Waals surface area contributed by atoms with Crippen LogP contribution in [0.5, 0.6) is 0 Å². The molecule has 0 spiro atoms. The van der Waals surface area contributed by atoms with Crippen molar-refractivity contribution in [2.75, 3.05) is 4.90 Å². The summed E-state index contributed by atoms with van der Waals surface area (Å²) < 4.78 is 0. The number of anilines is 3. The molecule has 3 heterocycles. The fourth-order valence-corrected chi connectivity index (χ4v) is 6.66. The van der Waals surface area contributed by atoms with Gasteiger partial charge in [-0.2, -0.15) is 0 Å². The molecule has 6 aromatic carbocycles. The number of hydrogen-bond donors (Lipinski definition) is 0. The Labute approximate surface area is 273 Å². The van der Waals surface area contributed by atoms with Gasteiger partial charge >= 0.3 is 0 Å². The number of benzene rings is 6. The van der Waals surface area contributed by atoms with Crippen molar-refractivity contribution in [3.05, 3.63) is 170 Å². The Hall–Kier alpha value is -6.39. The molecule has 0 radical (unpaired) electrons. The number of nitrogens with zero attached hydrogens (tertiary/aromatic N) is 4. The summed E-state index contributed by atoms with van der Waals surface area (Å²) >= 11 is 0. The summed E-state index contributed by atoms with van der Waals surface area (Å²) in [5, 5.41) is 2.30. The predicted molar refractivity (Wildman–Crippen MR) is 193 cm³/mol. The number of fused-ring (bicyclic) bond motifs is 2. The van der Waals surface area contributed by atoms with E-state index in [1.807, 2.05) is 48.8 Å². The highest BCUT2D eigenvalue weighted by Crippen LogP contribution is 2.51. The Kier molecular flexibility index (Phi) is 6.43. The molecule has 0 fully saturated rings. The second-order valence-electron chi connectivity index (χ2n) is 11.7. The molecule has 1 aliphatic rings. The minimum atomic E-state index is 0.682. The van der Waals surface area contributed by atoms with Crippen molar-refractivity contribution in [2.45, 2.75) is 0 Å². The Morgan fingerprint density at radius 3 is 1.72 bits per heavy atom. The molecule has 0 aliphatic carbocycles. The van der Waals surface area contributed by atoms with Crippen molar-refractivity contribution in [1.29, 1.82) is 0 Å². The summed E-state index contributed by atoms with van der Waals surface area (Å²) in [6.07, 6.45) is 3.96. The molecule has 0 atom stereocenters. The molecule has 0 bridgehead atoms. The standard InChI is InChI=1S/C43H28N4/c1-4-13-29(14-5-1)33-23-34-27-44-28-41-42(34)37(25-33)36-21-10-11-22-40(36)47(41)35-20-12-19-32(24-35)43-45-38(30-15-6-2-7-16-30)26-39(46-43)31-17-8-3-9-18-31/h1-28H. The van der Waals surface area contributed by atoms with Crippen molar-refractivity contribution >= 4 is 27.8 Å². The highest BCUT2D eigenvalue weighted by molar-refractivity contribution is 6.14. The van der Waals surface area contributed by atoms with E-state index >= 15 is 0 Å². The van der Waals surface area contributed by atoms with Crippen molar-refractivity contribution < 1.29 is 0 Å². The third-order valence-corrected chi connectivity index (χ3v) is 8.85. The third kappa shape index (κ3) is 4.75. The maximum Gasteiger partial charge on any atom is 0.160 e. The molecular weight excluding hydrogens is 573 g/mol. The lowest BCUT2D eigenvalue weighted by Gasteiger charge is -2.33. The molecule has 2 aromatic heterocycles. The van der Waals surface area contributed by atoms with Gasteiger partial charge in [-0.3, -0.25) is 4.98 Å². The predicted octanol–water partition coefficient (Wildman–Crippen LogP) is 11.1. The lowest BCUT2D eigenvalue weighted by Crippen LogP contribution is -2.15. The van der Waals surface area contributed by atoms with Crippen LogP contribution in [0.1, 0.15) is 0 Å². The molecule has 1 aliphatic heterocycles. The van der Waals surface area contributed by atoms with Gasteiger partial charge in [-0.25, -0.2) is 9.97 Å². The number of rotatable bonds is 5. The van der Waals surface area contributed by atoms with Gasteiger partial charge in [-0.05, 0) is 53.1 Å². The van der Waals surface area contributed by atoms with E-state index in [-0.39, 0.29) is 0 Å². The summed E-state index contributed by atoms with van der Waals surface area (Å²) in [6, 6.07) is 55.0. The van der Waals surface area contributed by atoms with Gasteiger partial charge in [0.05, 0.1) is 29.0 Å². The normalized spacial score (nSPS) is 11.8. The van der Waals surface area contributed by atoms with E-state index in [0.29, 0.717) is 5.82 Å². The Bertz CT molecular complexity index is 2350. The van der Waals surface area contributed by atoms with Crippen LogP contribution in [0.4, 0.5) is 17.1 Å². The Morgan fingerprint density at radius 2 is 1.02 bits per heavy atom. The summed E-state index contributed by atoms with van der Waals surface area (Å²) in [5.74, 6) is 0.682. The van der Waals surface area contributed by atoms with Crippen LogP contribution in [0.25, 0.3) is 66.9 Å². The summed E-state index contributed by atoms with van der Waals surface area (Å²) in [6.45, 7) is 0. The van der Waals surface area contributed by atoms with E-state index < -0.39 is 0 Å². The molecule has 8 aromatic rings. The molecule has 0 saturated heterocycles. The highest BCUT2D eigenvalue weighted by Gasteiger charge is 2.27. The first-order chi connectivity index (χ1) is 23.3. The average Bonchev–Trinajstić information content (AvgIpc) is 3.16. The number of aromatic nitrogens is 3. The maximum absolute atomic E-state index is 5.10. The zero-order valence-electron chi connectivity index (χ0n) is 25.5. The van der Waals surface area contributed by atoms with E-state index in [1.54, 1.807) is 0 Å². The Morgan fingerprint density at radius 1 is 0.404 bits per heavy atom. The van der Waals surface area contributed by atoms with Gasteiger partial charge in [-0.15, -0.1) is 0 Å². The van der Waals surface area contributed by atoms with Gasteiger partial charge in [0.25, 0.3) is 0 Å². The van der Waals surface area contributed by atoms with Crippen molar-refractivity contribution in [3.63, 3.8) is 0 Å². The molecule has 0 unspecified atom stereocenters. The Balaban J connectivity index is 1.22. The second-order valence-corrected chi connectivity index (χ2v) is 11.7. The minimum absolute atomic E-state index is 0.682. The molecule has 0 saturated carbocycles. The third-order valence-electron chi connectivity index (χ3n) is 8.85. The minimum Gasteiger partial charge on any atom is -0.308 e. The average molecular weight is 601 g/mol. The van der Waals surface area contributed by atoms with Crippen LogP contribution in [0.2, 0.25) is 0 Å². The fourth-order valence-electron chi connectivity index (χ4n) is 6.66. The molecule has 47 heavy (non-hydrogen) atoms. The smallest absolute Gasteiger partial charge is 0.160 e. The number of hydrogen-bond acceptors (Lipinski definition) is 4. The van der Waals surface area contributed by atoms with Crippen molar-refractivity contribution in [1.82, 2.24) is 15.0 Å². The maximum atomic E-state index is 5.10. The van der Waals surface area contributed by atoms with E-state index in [2.05, 4.69) is 126 Å². The quantitative estimate of drug-likeness (QED) is 0.197. The van der Waals surface area contributed by atoms with Crippen LogP contribution in [0, 0.1) is 0 Å². The summed E-state index contributed by atoms with van der Waals surface area (Å²) in [4.78, 5) is 17.3. The van der Waals surface area contributed by atoms with Crippen LogP contribution in [0.3, 0.4) is 0 Å². The van der Waals surface area contributed by atoms with Crippen LogP contribution in [0.15, 0.2) is 170 Å². The summed E-state index contributed by atoms with van der Waals surface area (Å²) in [5.41, 5.74) is 12.8. The van der Waals surface area contributed by atoms with E-state index in [4.69, 9.17) is 15.0 Å². The SMILES string of the molecule is c1ccc(-c2cc3c4c(cncc4c2)N(c2cccc(-c4nc(-c5ccccc5)cc(-c5ccccc5)n4)c2)c2ccccc2-3)cc1. The monoisotopic (exact) mass is 600 g/mol. The first kappa shape index (κ1) is 27.0. The largest absolute Gasteiger partial charge is 0.308 e. The zero-order valence-corrected chi connectivity index (χ0v) is 25.5. The van der Waals surface area contributed by atoms with Gasteiger partial charge in [0.15, 0.2) is 5.82 Å².